The van der Waals surface area contributed by atoms with E-state index in [-0.39, 0.29) is 16.9 Å². The third-order valence-electron chi connectivity index (χ3n) is 7.78. The minimum atomic E-state index is -0.748. The Morgan fingerprint density at radius 2 is 1.82 bits per heavy atom. The minimum Gasteiger partial charge on any atom is -0.458 e. The third kappa shape index (κ3) is 5.99. The molecule has 3 aromatic heterocycles. The van der Waals surface area contributed by atoms with Gasteiger partial charge in [-0.2, -0.15) is 0 Å². The van der Waals surface area contributed by atoms with Crippen LogP contribution in [0.2, 0.25) is 0 Å². The SMILES string of the molecule is Cc1c(N2CCCC2C(=O)OC(C)(C)C)nc2cc(F)cc(F)c2c1Nc1cc(N2CCOCC2)ncc1-c1cncnc1. The van der Waals surface area contributed by atoms with Gasteiger partial charge in [0.15, 0.2) is 0 Å². The topological polar surface area (TPSA) is 106 Å². The van der Waals surface area contributed by atoms with Gasteiger partial charge in [-0.05, 0) is 40.5 Å². The third-order valence-corrected chi connectivity index (χ3v) is 7.78. The zero-order valence-electron chi connectivity index (χ0n) is 25.2. The molecule has 2 saturated heterocycles. The number of carbonyl (C=O) groups is 1. The molecule has 2 aliphatic heterocycles. The maximum atomic E-state index is 15.6. The molecule has 4 aromatic rings. The van der Waals surface area contributed by atoms with Crippen LogP contribution in [0, 0.1) is 18.6 Å². The highest BCUT2D eigenvalue weighted by atomic mass is 19.1. The van der Waals surface area contributed by atoms with E-state index >= 15 is 4.39 Å². The van der Waals surface area contributed by atoms with Gasteiger partial charge in [0.05, 0.1) is 35.5 Å². The Hall–Kier alpha value is -4.45. The predicted octanol–water partition coefficient (Wildman–Crippen LogP) is 5.56. The van der Waals surface area contributed by atoms with Crippen LogP contribution in [0.15, 0.2) is 43.1 Å². The van der Waals surface area contributed by atoms with E-state index in [0.29, 0.717) is 73.2 Å². The van der Waals surface area contributed by atoms with Gasteiger partial charge in [0.2, 0.25) is 0 Å². The molecule has 0 radical (unpaired) electrons. The highest BCUT2D eigenvalue weighted by Gasteiger charge is 2.36. The van der Waals surface area contributed by atoms with Crippen molar-refractivity contribution in [3.63, 3.8) is 0 Å². The van der Waals surface area contributed by atoms with Crippen LogP contribution in [0.3, 0.4) is 0 Å². The molecule has 2 aliphatic rings. The van der Waals surface area contributed by atoms with Gasteiger partial charge in [0.1, 0.15) is 41.2 Å². The monoisotopic (exact) mass is 603 g/mol. The van der Waals surface area contributed by atoms with Crippen molar-refractivity contribution in [3.8, 4) is 11.1 Å². The summed E-state index contributed by atoms with van der Waals surface area (Å²) < 4.78 is 41.4. The number of nitrogens with zero attached hydrogens (tertiary/aromatic N) is 6. The predicted molar refractivity (Wildman–Crippen MR) is 164 cm³/mol. The molecule has 5 heterocycles. The highest BCUT2D eigenvalue weighted by Crippen LogP contribution is 2.41. The van der Waals surface area contributed by atoms with Crippen LogP contribution >= 0.6 is 0 Å². The molecule has 2 fully saturated rings. The second kappa shape index (κ2) is 11.9. The number of hydrogen-bond acceptors (Lipinski definition) is 10. The molecule has 1 aromatic carbocycles. The van der Waals surface area contributed by atoms with Gasteiger partial charge >= 0.3 is 5.97 Å². The number of pyridine rings is 2. The van der Waals surface area contributed by atoms with E-state index in [9.17, 15) is 9.18 Å². The van der Waals surface area contributed by atoms with Crippen molar-refractivity contribution < 1.29 is 23.0 Å². The first-order valence-corrected chi connectivity index (χ1v) is 14.7. The summed E-state index contributed by atoms with van der Waals surface area (Å²) in [6.45, 7) is 10.4. The maximum Gasteiger partial charge on any atom is 0.329 e. The van der Waals surface area contributed by atoms with Crippen LogP contribution in [0.25, 0.3) is 22.0 Å². The molecule has 1 N–H and O–H groups in total. The van der Waals surface area contributed by atoms with Crippen molar-refractivity contribution >= 4 is 39.9 Å². The van der Waals surface area contributed by atoms with Crippen LogP contribution in [0.5, 0.6) is 0 Å². The fourth-order valence-corrected chi connectivity index (χ4v) is 5.78. The average molecular weight is 604 g/mol. The fraction of sp³-hybridized carbons (Fsp3) is 0.406. The summed E-state index contributed by atoms with van der Waals surface area (Å²) in [7, 11) is 0. The Morgan fingerprint density at radius 1 is 1.07 bits per heavy atom. The van der Waals surface area contributed by atoms with Gasteiger partial charge in [-0.25, -0.2) is 33.5 Å². The molecular weight excluding hydrogens is 568 g/mol. The molecule has 1 unspecified atom stereocenters. The van der Waals surface area contributed by atoms with Crippen molar-refractivity contribution in [3.05, 3.63) is 60.3 Å². The summed E-state index contributed by atoms with van der Waals surface area (Å²) in [4.78, 5) is 35.0. The van der Waals surface area contributed by atoms with Gasteiger partial charge < -0.3 is 24.6 Å². The van der Waals surface area contributed by atoms with Crippen molar-refractivity contribution in [2.75, 3.05) is 48.0 Å². The standard InChI is InChI=1S/C32H35F2N7O3/c1-19-29(38-24-14-27(40-8-10-43-11-9-40)37-17-22(24)20-15-35-18-36-16-20)28-23(34)12-21(33)13-25(28)39-30(19)41-7-5-6-26(41)31(42)44-32(2,3)4/h12-18,26H,5-11H2,1-4H3,(H,37,38,39). The zero-order valence-corrected chi connectivity index (χ0v) is 25.2. The number of hydrogen-bond donors (Lipinski definition) is 1. The molecule has 12 heteroatoms. The first kappa shape index (κ1) is 29.6. The lowest BCUT2D eigenvalue weighted by Crippen LogP contribution is -2.41. The number of halogens is 2. The van der Waals surface area contributed by atoms with E-state index in [1.165, 1.54) is 12.4 Å². The van der Waals surface area contributed by atoms with Crippen LogP contribution in [0.1, 0.15) is 39.2 Å². The molecule has 0 amide bonds. The normalized spacial score (nSPS) is 17.3. The van der Waals surface area contributed by atoms with Crippen molar-refractivity contribution in [1.29, 1.82) is 0 Å². The number of rotatable bonds is 6. The summed E-state index contributed by atoms with van der Waals surface area (Å²) in [6.07, 6.45) is 7.87. The molecule has 0 bridgehead atoms. The lowest BCUT2D eigenvalue weighted by Gasteiger charge is -2.30. The van der Waals surface area contributed by atoms with Gasteiger partial charge in [-0.3, -0.25) is 0 Å². The lowest BCUT2D eigenvalue weighted by molar-refractivity contribution is -0.156. The number of morpholine rings is 1. The lowest BCUT2D eigenvalue weighted by atomic mass is 10.0. The Morgan fingerprint density at radius 3 is 2.55 bits per heavy atom. The first-order valence-electron chi connectivity index (χ1n) is 14.7. The fourth-order valence-electron chi connectivity index (χ4n) is 5.78. The molecule has 0 spiro atoms. The van der Waals surface area contributed by atoms with Crippen molar-refractivity contribution in [2.24, 2.45) is 0 Å². The summed E-state index contributed by atoms with van der Waals surface area (Å²) in [5, 5.41) is 3.61. The van der Waals surface area contributed by atoms with Crippen molar-refractivity contribution in [1.82, 2.24) is 19.9 Å². The number of carbonyl (C=O) groups excluding carboxylic acids is 1. The van der Waals surface area contributed by atoms with Crippen molar-refractivity contribution in [2.45, 2.75) is 52.2 Å². The Labute approximate surface area is 254 Å². The molecule has 6 rings (SSSR count). The number of esters is 1. The van der Waals surface area contributed by atoms with Crippen LogP contribution in [-0.4, -0.2) is 70.4 Å². The van der Waals surface area contributed by atoms with E-state index in [4.69, 9.17) is 19.4 Å². The molecular formula is C32H35F2N7O3. The Bertz CT molecular complexity index is 1690. The van der Waals surface area contributed by atoms with E-state index < -0.39 is 23.3 Å². The maximum absolute atomic E-state index is 15.6. The van der Waals surface area contributed by atoms with Gasteiger partial charge in [0.25, 0.3) is 0 Å². The largest absolute Gasteiger partial charge is 0.458 e. The molecule has 0 aliphatic carbocycles. The molecule has 10 nitrogen and oxygen atoms in total. The van der Waals surface area contributed by atoms with Gasteiger partial charge in [-0.15, -0.1) is 0 Å². The minimum absolute atomic E-state index is 0.132. The average Bonchev–Trinajstić information content (AvgIpc) is 3.48. The molecule has 1 atom stereocenters. The number of nitrogens with one attached hydrogen (secondary N) is 1. The number of fused-ring (bicyclic) bond motifs is 1. The highest BCUT2D eigenvalue weighted by molar-refractivity contribution is 5.99. The van der Waals surface area contributed by atoms with Crippen LogP contribution < -0.4 is 15.1 Å². The Kier molecular flexibility index (Phi) is 8.02. The number of anilines is 4. The van der Waals surface area contributed by atoms with Gasteiger partial charge in [0, 0.05) is 73.1 Å². The van der Waals surface area contributed by atoms with Gasteiger partial charge in [-0.1, -0.05) is 0 Å². The number of aromatic nitrogens is 4. The zero-order chi connectivity index (χ0) is 31.0. The molecule has 230 valence electrons. The number of ether oxygens (including phenoxy) is 2. The molecule has 44 heavy (non-hydrogen) atoms. The van der Waals surface area contributed by atoms with E-state index in [1.54, 1.807) is 18.6 Å². The first-order chi connectivity index (χ1) is 21.1. The molecule has 0 saturated carbocycles. The summed E-state index contributed by atoms with van der Waals surface area (Å²) >= 11 is 0. The second-order valence-corrected chi connectivity index (χ2v) is 12.0. The number of benzene rings is 1. The van der Waals surface area contributed by atoms with E-state index in [1.807, 2.05) is 38.7 Å². The summed E-state index contributed by atoms with van der Waals surface area (Å²) in [5.41, 5.74) is 2.53. The van der Waals surface area contributed by atoms with E-state index in [0.717, 1.165) is 18.3 Å². The van der Waals surface area contributed by atoms with Crippen LogP contribution in [-0.2, 0) is 14.3 Å². The summed E-state index contributed by atoms with van der Waals surface area (Å²) in [5.74, 6) is -0.656. The van der Waals surface area contributed by atoms with E-state index in [2.05, 4.69) is 20.2 Å². The van der Waals surface area contributed by atoms with Crippen LogP contribution in [0.4, 0.5) is 31.8 Å². The Balaban J connectivity index is 1.50. The second-order valence-electron chi connectivity index (χ2n) is 12.0. The quantitative estimate of drug-likeness (QED) is 0.282. The summed E-state index contributed by atoms with van der Waals surface area (Å²) in [6, 6.07) is 3.39. The smallest absolute Gasteiger partial charge is 0.329 e.